The van der Waals surface area contributed by atoms with Crippen molar-refractivity contribution in [1.29, 1.82) is 0 Å². The lowest BCUT2D eigenvalue weighted by molar-refractivity contribution is 0.122. The molecule has 1 aliphatic rings. The predicted octanol–water partition coefficient (Wildman–Crippen LogP) is 3.82. The number of anilines is 1. The minimum Gasteiger partial charge on any atom is -0.491 e. The summed E-state index contributed by atoms with van der Waals surface area (Å²) in [6, 6.07) is 9.06. The molecule has 0 bridgehead atoms. The summed E-state index contributed by atoms with van der Waals surface area (Å²) >= 11 is 1.54. The monoisotopic (exact) mass is 473 g/mol. The predicted molar refractivity (Wildman–Crippen MR) is 126 cm³/mol. The second-order valence-electron chi connectivity index (χ2n) is 8.02. The zero-order valence-corrected chi connectivity index (χ0v) is 20.1. The highest BCUT2D eigenvalue weighted by Crippen LogP contribution is 2.29. The molecule has 0 radical (unpaired) electrons. The molecule has 1 saturated heterocycles. The Morgan fingerprint density at radius 3 is 2.62 bits per heavy atom. The van der Waals surface area contributed by atoms with Crippen LogP contribution in [0.5, 0.6) is 5.75 Å². The lowest BCUT2D eigenvalue weighted by Gasteiger charge is -2.27. The van der Waals surface area contributed by atoms with Gasteiger partial charge in [0.1, 0.15) is 11.6 Å². The van der Waals surface area contributed by atoms with Crippen LogP contribution in [0.1, 0.15) is 24.4 Å². The topological polar surface area (TPSA) is 81.6 Å². The van der Waals surface area contributed by atoms with Crippen LogP contribution in [0.25, 0.3) is 11.3 Å². The Morgan fingerprint density at radius 2 is 1.97 bits per heavy atom. The van der Waals surface area contributed by atoms with Gasteiger partial charge in [0, 0.05) is 48.5 Å². The zero-order chi connectivity index (χ0) is 22.7. The van der Waals surface area contributed by atoms with Gasteiger partial charge in [-0.25, -0.2) is 18.4 Å². The second kappa shape index (κ2) is 9.56. The largest absolute Gasteiger partial charge is 0.491 e. The molecule has 1 aromatic carbocycles. The maximum absolute atomic E-state index is 12.0. The van der Waals surface area contributed by atoms with Crippen LogP contribution >= 0.6 is 11.3 Å². The van der Waals surface area contributed by atoms with Crippen LogP contribution in [0.2, 0.25) is 0 Å². The first-order valence-electron chi connectivity index (χ1n) is 10.5. The van der Waals surface area contributed by atoms with E-state index in [1.54, 1.807) is 29.5 Å². The number of benzene rings is 1. The maximum atomic E-state index is 12.0. The van der Waals surface area contributed by atoms with E-state index in [9.17, 15) is 8.42 Å². The Hall–Kier alpha value is -2.49. The summed E-state index contributed by atoms with van der Waals surface area (Å²) in [4.78, 5) is 11.9. The highest BCUT2D eigenvalue weighted by Gasteiger charge is 2.16. The number of hydrogen-bond acceptors (Lipinski definition) is 8. The van der Waals surface area contributed by atoms with Crippen molar-refractivity contribution >= 4 is 27.0 Å². The van der Waals surface area contributed by atoms with Gasteiger partial charge >= 0.3 is 0 Å². The smallest absolute Gasteiger partial charge is 0.175 e. The number of morpholine rings is 1. The summed E-state index contributed by atoms with van der Waals surface area (Å²) in [5, 5.41) is 2.89. The molecule has 0 aliphatic carbocycles. The fraction of sp³-hybridized carbons (Fsp3) is 0.391. The summed E-state index contributed by atoms with van der Waals surface area (Å²) < 4.78 is 35.4. The van der Waals surface area contributed by atoms with Crippen molar-refractivity contribution < 1.29 is 17.9 Å². The fourth-order valence-corrected chi connectivity index (χ4v) is 5.00. The third-order valence-corrected chi connectivity index (χ3v) is 7.05. The SMILES string of the molecule is CC(C)Oc1ccc(S(C)(=O)=O)cc1Cc1nc(-c2ccc(N3CCOCC3)nc2)cs1. The van der Waals surface area contributed by atoms with Crippen molar-refractivity contribution in [3.05, 3.63) is 52.5 Å². The van der Waals surface area contributed by atoms with Gasteiger partial charge in [-0.1, -0.05) is 0 Å². The van der Waals surface area contributed by atoms with Gasteiger partial charge in [0.05, 0.1) is 34.9 Å². The van der Waals surface area contributed by atoms with E-state index in [0.29, 0.717) is 12.2 Å². The summed E-state index contributed by atoms with van der Waals surface area (Å²) in [5.74, 6) is 1.63. The maximum Gasteiger partial charge on any atom is 0.175 e. The number of hydrogen-bond donors (Lipinski definition) is 0. The molecule has 4 rings (SSSR count). The van der Waals surface area contributed by atoms with E-state index in [0.717, 1.165) is 53.9 Å². The van der Waals surface area contributed by atoms with Crippen LogP contribution in [0.3, 0.4) is 0 Å². The van der Waals surface area contributed by atoms with E-state index < -0.39 is 9.84 Å². The van der Waals surface area contributed by atoms with Crippen molar-refractivity contribution in [3.8, 4) is 17.0 Å². The van der Waals surface area contributed by atoms with Gasteiger partial charge in [0.25, 0.3) is 0 Å². The molecule has 3 heterocycles. The Balaban J connectivity index is 1.55. The van der Waals surface area contributed by atoms with Crippen LogP contribution < -0.4 is 9.64 Å². The summed E-state index contributed by atoms with van der Waals surface area (Å²) in [7, 11) is -3.31. The number of thiazole rings is 1. The molecule has 7 nitrogen and oxygen atoms in total. The van der Waals surface area contributed by atoms with E-state index >= 15 is 0 Å². The summed E-state index contributed by atoms with van der Waals surface area (Å²) in [6.07, 6.45) is 3.54. The minimum atomic E-state index is -3.31. The van der Waals surface area contributed by atoms with Crippen LogP contribution in [-0.4, -0.2) is 57.0 Å². The minimum absolute atomic E-state index is 0.0132. The molecule has 0 unspecified atom stereocenters. The molecule has 1 aliphatic heterocycles. The van der Waals surface area contributed by atoms with Gasteiger partial charge < -0.3 is 14.4 Å². The zero-order valence-electron chi connectivity index (χ0n) is 18.4. The molecule has 0 saturated carbocycles. The second-order valence-corrected chi connectivity index (χ2v) is 11.0. The van der Waals surface area contributed by atoms with Crippen LogP contribution in [0, 0.1) is 0 Å². The molecule has 3 aromatic rings. The van der Waals surface area contributed by atoms with E-state index in [4.69, 9.17) is 14.5 Å². The van der Waals surface area contributed by atoms with Gasteiger partial charge in [-0.15, -0.1) is 11.3 Å². The van der Waals surface area contributed by atoms with Crippen LogP contribution in [0.15, 0.2) is 46.8 Å². The molecule has 2 aromatic heterocycles. The highest BCUT2D eigenvalue weighted by atomic mass is 32.2. The van der Waals surface area contributed by atoms with Crippen molar-refractivity contribution in [2.75, 3.05) is 37.5 Å². The molecule has 9 heteroatoms. The molecule has 0 N–H and O–H groups in total. The van der Waals surface area contributed by atoms with Crippen molar-refractivity contribution in [3.63, 3.8) is 0 Å². The number of nitrogens with zero attached hydrogens (tertiary/aromatic N) is 3. The fourth-order valence-electron chi connectivity index (χ4n) is 3.50. The number of pyridine rings is 1. The molecular weight excluding hydrogens is 446 g/mol. The molecule has 170 valence electrons. The third-order valence-electron chi connectivity index (χ3n) is 5.09. The molecule has 0 atom stereocenters. The van der Waals surface area contributed by atoms with Crippen molar-refractivity contribution in [2.24, 2.45) is 0 Å². The highest BCUT2D eigenvalue weighted by molar-refractivity contribution is 7.90. The lowest BCUT2D eigenvalue weighted by Crippen LogP contribution is -2.36. The number of sulfone groups is 1. The van der Waals surface area contributed by atoms with Gasteiger partial charge in [-0.3, -0.25) is 0 Å². The first-order valence-corrected chi connectivity index (χ1v) is 13.3. The van der Waals surface area contributed by atoms with Gasteiger partial charge in [-0.2, -0.15) is 0 Å². The van der Waals surface area contributed by atoms with Crippen LogP contribution in [-0.2, 0) is 21.0 Å². The molecular formula is C23H27N3O4S2. The standard InChI is InChI=1S/C23H27N3O4S2/c1-16(2)30-21-6-5-19(32(3,27)28)12-18(21)13-23-25-20(15-31-23)17-4-7-22(24-14-17)26-8-10-29-11-9-26/h4-7,12,14-16H,8-11,13H2,1-3H3. The molecule has 0 spiro atoms. The lowest BCUT2D eigenvalue weighted by atomic mass is 10.1. The molecule has 1 fully saturated rings. The Labute approximate surface area is 193 Å². The Morgan fingerprint density at radius 1 is 1.19 bits per heavy atom. The van der Waals surface area contributed by atoms with Gasteiger partial charge in [0.15, 0.2) is 9.84 Å². The van der Waals surface area contributed by atoms with E-state index in [-0.39, 0.29) is 11.0 Å². The third kappa shape index (κ3) is 5.46. The van der Waals surface area contributed by atoms with Crippen molar-refractivity contribution in [1.82, 2.24) is 9.97 Å². The van der Waals surface area contributed by atoms with Crippen LogP contribution in [0.4, 0.5) is 5.82 Å². The molecule has 0 amide bonds. The Bertz CT molecular complexity index is 1170. The normalized spacial score (nSPS) is 14.7. The van der Waals surface area contributed by atoms with Crippen molar-refractivity contribution in [2.45, 2.75) is 31.3 Å². The first-order chi connectivity index (χ1) is 15.3. The number of rotatable bonds is 7. The molecule has 32 heavy (non-hydrogen) atoms. The quantitative estimate of drug-likeness (QED) is 0.516. The van der Waals surface area contributed by atoms with E-state index in [2.05, 4.69) is 9.88 Å². The number of aromatic nitrogens is 2. The van der Waals surface area contributed by atoms with Gasteiger partial charge in [0.2, 0.25) is 0 Å². The summed E-state index contributed by atoms with van der Waals surface area (Å²) in [6.45, 7) is 7.04. The van der Waals surface area contributed by atoms with E-state index in [1.807, 2.05) is 37.6 Å². The van der Waals surface area contributed by atoms with Gasteiger partial charge in [-0.05, 0) is 44.2 Å². The first kappa shape index (κ1) is 22.7. The average Bonchev–Trinajstić information content (AvgIpc) is 3.23. The number of ether oxygens (including phenoxy) is 2. The summed E-state index contributed by atoms with van der Waals surface area (Å²) in [5.41, 5.74) is 2.62. The average molecular weight is 474 g/mol. The van der Waals surface area contributed by atoms with E-state index in [1.165, 1.54) is 6.26 Å². The Kier molecular flexibility index (Phi) is 6.78.